The van der Waals surface area contributed by atoms with Gasteiger partial charge >= 0.3 is 0 Å². The first-order valence-corrected chi connectivity index (χ1v) is 9.71. The van der Waals surface area contributed by atoms with E-state index in [2.05, 4.69) is 30.5 Å². The molecule has 4 heterocycles. The molecule has 0 fully saturated rings. The van der Waals surface area contributed by atoms with E-state index in [-0.39, 0.29) is 5.91 Å². The van der Waals surface area contributed by atoms with E-state index in [0.717, 1.165) is 16.6 Å². The molecule has 5 aromatic rings. The molecule has 0 aliphatic rings. The molecule has 9 nitrogen and oxygen atoms in total. The molecular formula is C21H15ClN8O. The number of rotatable bonds is 4. The van der Waals surface area contributed by atoms with Crippen molar-refractivity contribution in [2.75, 3.05) is 5.32 Å². The topological polar surface area (TPSA) is 103 Å². The van der Waals surface area contributed by atoms with Crippen LogP contribution in [-0.2, 0) is 0 Å². The van der Waals surface area contributed by atoms with Gasteiger partial charge in [0.2, 0.25) is 0 Å². The molecule has 5 rings (SSSR count). The summed E-state index contributed by atoms with van der Waals surface area (Å²) in [6.45, 7) is 1.84. The van der Waals surface area contributed by atoms with Gasteiger partial charge in [-0.1, -0.05) is 17.7 Å². The lowest BCUT2D eigenvalue weighted by Crippen LogP contribution is -2.15. The Hall–Kier alpha value is -4.11. The smallest absolute Gasteiger partial charge is 0.276 e. The van der Waals surface area contributed by atoms with Gasteiger partial charge in [0, 0.05) is 11.6 Å². The Labute approximate surface area is 181 Å². The summed E-state index contributed by atoms with van der Waals surface area (Å²) in [6, 6.07) is 11.3. The van der Waals surface area contributed by atoms with Crippen molar-refractivity contribution >= 4 is 34.1 Å². The van der Waals surface area contributed by atoms with Crippen LogP contribution >= 0.6 is 11.6 Å². The van der Waals surface area contributed by atoms with Gasteiger partial charge in [-0.25, -0.2) is 9.97 Å². The summed E-state index contributed by atoms with van der Waals surface area (Å²) in [6.07, 6.45) is 7.92. The maximum Gasteiger partial charge on any atom is 0.276 e. The number of benzene rings is 1. The first-order valence-electron chi connectivity index (χ1n) is 9.33. The zero-order chi connectivity index (χ0) is 21.4. The number of carbonyl (C=O) groups is 1. The zero-order valence-electron chi connectivity index (χ0n) is 16.3. The van der Waals surface area contributed by atoms with Crippen LogP contribution < -0.4 is 5.32 Å². The quantitative estimate of drug-likeness (QED) is 0.467. The number of hydrogen-bond donors (Lipinski definition) is 1. The standard InChI is InChI=1S/C21H15ClN8O/c1-13-19(25-12-29(13)18-6-2-5-17-15(18)4-3-7-23-17)21(31)28-14-10-16(22)20(24-11-14)30-26-8-9-27-30/h2-12H,1H3,(H,28,31). The third kappa shape index (κ3) is 3.40. The maximum atomic E-state index is 12.9. The van der Waals surface area contributed by atoms with Crippen LogP contribution in [-0.4, -0.2) is 40.4 Å². The van der Waals surface area contributed by atoms with Crippen molar-refractivity contribution in [1.29, 1.82) is 0 Å². The number of fused-ring (bicyclic) bond motifs is 1. The second-order valence-electron chi connectivity index (χ2n) is 6.70. The van der Waals surface area contributed by atoms with E-state index < -0.39 is 0 Å². The van der Waals surface area contributed by atoms with Gasteiger partial charge in [-0.3, -0.25) is 9.78 Å². The Bertz CT molecular complexity index is 1410. The van der Waals surface area contributed by atoms with E-state index in [1.807, 2.05) is 41.8 Å². The molecule has 152 valence electrons. The number of carbonyl (C=O) groups excluding carboxylic acids is 1. The van der Waals surface area contributed by atoms with Gasteiger partial charge in [-0.05, 0) is 37.3 Å². The molecule has 0 bridgehead atoms. The van der Waals surface area contributed by atoms with Crippen molar-refractivity contribution in [3.05, 3.63) is 83.9 Å². The third-order valence-corrected chi connectivity index (χ3v) is 5.07. The van der Waals surface area contributed by atoms with Crippen LogP contribution in [0.25, 0.3) is 22.4 Å². The summed E-state index contributed by atoms with van der Waals surface area (Å²) < 4.78 is 1.87. The van der Waals surface area contributed by atoms with Gasteiger partial charge in [0.25, 0.3) is 5.91 Å². The molecular weight excluding hydrogens is 416 g/mol. The van der Waals surface area contributed by atoms with Crippen LogP contribution in [0.3, 0.4) is 0 Å². The predicted molar refractivity (Wildman–Crippen MR) is 116 cm³/mol. The van der Waals surface area contributed by atoms with Gasteiger partial charge in [-0.2, -0.15) is 10.2 Å². The number of amides is 1. The molecule has 0 saturated carbocycles. The average Bonchev–Trinajstić information content (AvgIpc) is 3.43. The Morgan fingerprint density at radius 1 is 1.03 bits per heavy atom. The summed E-state index contributed by atoms with van der Waals surface area (Å²) >= 11 is 6.28. The minimum Gasteiger partial charge on any atom is -0.319 e. The molecule has 4 aromatic heterocycles. The Balaban J connectivity index is 1.44. The second kappa shape index (κ2) is 7.62. The summed E-state index contributed by atoms with van der Waals surface area (Å²) in [7, 11) is 0. The summed E-state index contributed by atoms with van der Waals surface area (Å²) in [5.74, 6) is 0.00660. The highest BCUT2D eigenvalue weighted by Crippen LogP contribution is 2.24. The molecule has 1 amide bonds. The van der Waals surface area contributed by atoms with E-state index in [4.69, 9.17) is 11.6 Å². The number of nitrogens with one attached hydrogen (secondary N) is 1. The van der Waals surface area contributed by atoms with Crippen LogP contribution in [0.5, 0.6) is 0 Å². The second-order valence-corrected chi connectivity index (χ2v) is 7.11. The highest BCUT2D eigenvalue weighted by molar-refractivity contribution is 6.32. The first-order chi connectivity index (χ1) is 15.1. The van der Waals surface area contributed by atoms with Gasteiger partial charge in [0.05, 0.1) is 46.2 Å². The number of pyridine rings is 2. The van der Waals surface area contributed by atoms with Crippen molar-refractivity contribution in [3.63, 3.8) is 0 Å². The van der Waals surface area contributed by atoms with E-state index in [1.165, 1.54) is 23.4 Å². The van der Waals surface area contributed by atoms with Crippen molar-refractivity contribution in [3.8, 4) is 11.5 Å². The normalized spacial score (nSPS) is 11.0. The molecule has 0 spiro atoms. The fraction of sp³-hybridized carbons (Fsp3) is 0.0476. The van der Waals surface area contributed by atoms with Crippen molar-refractivity contribution in [2.45, 2.75) is 6.92 Å². The van der Waals surface area contributed by atoms with Gasteiger partial charge in [0.15, 0.2) is 5.82 Å². The molecule has 0 aliphatic heterocycles. The van der Waals surface area contributed by atoms with E-state index >= 15 is 0 Å². The SMILES string of the molecule is Cc1c(C(=O)Nc2cnc(-n3nccn3)c(Cl)c2)ncn1-c1cccc2ncccc12. The van der Waals surface area contributed by atoms with Gasteiger partial charge in [0.1, 0.15) is 12.0 Å². The molecule has 1 aromatic carbocycles. The van der Waals surface area contributed by atoms with Gasteiger partial charge in [-0.15, -0.1) is 4.80 Å². The summed E-state index contributed by atoms with van der Waals surface area (Å²) in [5, 5.41) is 12.1. The lowest BCUT2D eigenvalue weighted by Gasteiger charge is -2.10. The molecule has 0 aliphatic carbocycles. The number of halogens is 1. The fourth-order valence-corrected chi connectivity index (χ4v) is 3.58. The Morgan fingerprint density at radius 3 is 2.68 bits per heavy atom. The molecule has 10 heteroatoms. The van der Waals surface area contributed by atoms with Gasteiger partial charge < -0.3 is 9.88 Å². The molecule has 0 radical (unpaired) electrons. The molecule has 31 heavy (non-hydrogen) atoms. The third-order valence-electron chi connectivity index (χ3n) is 4.79. The van der Waals surface area contributed by atoms with Crippen molar-refractivity contribution in [2.24, 2.45) is 0 Å². The largest absolute Gasteiger partial charge is 0.319 e. The molecule has 0 saturated heterocycles. The van der Waals surface area contributed by atoms with E-state index in [1.54, 1.807) is 18.6 Å². The van der Waals surface area contributed by atoms with E-state index in [0.29, 0.717) is 27.9 Å². The predicted octanol–water partition coefficient (Wildman–Crippen LogP) is 3.61. The van der Waals surface area contributed by atoms with Crippen LogP contribution in [0.4, 0.5) is 5.69 Å². The lowest BCUT2D eigenvalue weighted by atomic mass is 10.1. The molecule has 1 N–H and O–H groups in total. The van der Waals surface area contributed by atoms with Crippen molar-refractivity contribution in [1.82, 2.24) is 34.5 Å². The molecule has 0 unspecified atom stereocenters. The highest BCUT2D eigenvalue weighted by atomic mass is 35.5. The fourth-order valence-electron chi connectivity index (χ4n) is 3.33. The minimum atomic E-state index is -0.363. The minimum absolute atomic E-state index is 0.301. The average molecular weight is 431 g/mol. The van der Waals surface area contributed by atoms with Crippen molar-refractivity contribution < 1.29 is 4.79 Å². The van der Waals surface area contributed by atoms with E-state index in [9.17, 15) is 4.79 Å². The van der Waals surface area contributed by atoms with Crippen LogP contribution in [0.2, 0.25) is 5.02 Å². The Morgan fingerprint density at radius 2 is 1.87 bits per heavy atom. The number of aromatic nitrogens is 7. The summed E-state index contributed by atoms with van der Waals surface area (Å²) in [4.78, 5) is 27.1. The highest BCUT2D eigenvalue weighted by Gasteiger charge is 2.18. The van der Waals surface area contributed by atoms with Crippen LogP contribution in [0.15, 0.2) is 67.5 Å². The summed E-state index contributed by atoms with van der Waals surface area (Å²) in [5.41, 5.74) is 3.20. The lowest BCUT2D eigenvalue weighted by molar-refractivity contribution is 0.102. The maximum absolute atomic E-state index is 12.9. The van der Waals surface area contributed by atoms with Crippen LogP contribution in [0.1, 0.15) is 16.2 Å². The zero-order valence-corrected chi connectivity index (χ0v) is 17.0. The number of nitrogens with zero attached hydrogens (tertiary/aromatic N) is 7. The number of imidazole rings is 1. The first kappa shape index (κ1) is 18.9. The number of hydrogen-bond acceptors (Lipinski definition) is 6. The number of anilines is 1. The van der Waals surface area contributed by atoms with Crippen LogP contribution in [0, 0.1) is 6.92 Å². The Kier molecular flexibility index (Phi) is 4.64. The monoisotopic (exact) mass is 430 g/mol. The molecule has 0 atom stereocenters.